The summed E-state index contributed by atoms with van der Waals surface area (Å²) < 4.78 is 1.88. The summed E-state index contributed by atoms with van der Waals surface area (Å²) in [6.07, 6.45) is 2.26. The summed E-state index contributed by atoms with van der Waals surface area (Å²) >= 11 is 0. The van der Waals surface area contributed by atoms with E-state index in [9.17, 15) is 4.79 Å². The summed E-state index contributed by atoms with van der Waals surface area (Å²) in [4.78, 5) is 20.0. The molecule has 1 aromatic heterocycles. The minimum absolute atomic E-state index is 0.0102. The first-order valence-corrected chi connectivity index (χ1v) is 10.1. The number of hydrogen-bond acceptors (Lipinski definition) is 3. The van der Waals surface area contributed by atoms with Crippen LogP contribution in [0.1, 0.15) is 45.6 Å². The lowest BCUT2D eigenvalue weighted by molar-refractivity contribution is 0.0963. The zero-order valence-electron chi connectivity index (χ0n) is 16.7. The van der Waals surface area contributed by atoms with E-state index in [0.717, 1.165) is 23.1 Å². The SMILES string of the molecule is Cc1ccc(C(=O)N2c3ncnn3[C@H](c3ccccc3)C[C@@H]2c2ccccc2)cc1. The molecule has 1 aliphatic rings. The third-order valence-corrected chi connectivity index (χ3v) is 5.71. The highest BCUT2D eigenvalue weighted by atomic mass is 16.2. The lowest BCUT2D eigenvalue weighted by Crippen LogP contribution is -2.42. The Hall–Kier alpha value is -3.73. The summed E-state index contributed by atoms with van der Waals surface area (Å²) in [5.74, 6) is 0.513. The van der Waals surface area contributed by atoms with Crippen molar-refractivity contribution in [3.05, 3.63) is 114 Å². The molecule has 2 atom stereocenters. The maximum Gasteiger partial charge on any atom is 0.261 e. The summed E-state index contributed by atoms with van der Waals surface area (Å²) in [5.41, 5.74) is 4.02. The summed E-state index contributed by atoms with van der Waals surface area (Å²) in [7, 11) is 0. The molecule has 0 radical (unpaired) electrons. The number of carbonyl (C=O) groups excluding carboxylic acids is 1. The third-order valence-electron chi connectivity index (χ3n) is 5.71. The molecule has 0 saturated heterocycles. The Bertz CT molecular complexity index is 1150. The van der Waals surface area contributed by atoms with Gasteiger partial charge in [-0.15, -0.1) is 0 Å². The Morgan fingerprint density at radius 2 is 1.43 bits per heavy atom. The fraction of sp³-hybridized carbons (Fsp3) is 0.160. The van der Waals surface area contributed by atoms with Gasteiger partial charge < -0.3 is 0 Å². The van der Waals surface area contributed by atoms with Gasteiger partial charge in [0.2, 0.25) is 5.95 Å². The van der Waals surface area contributed by atoms with Gasteiger partial charge in [0.1, 0.15) is 6.33 Å². The van der Waals surface area contributed by atoms with Crippen LogP contribution in [0.15, 0.2) is 91.3 Å². The van der Waals surface area contributed by atoms with Gasteiger partial charge in [-0.2, -0.15) is 10.1 Å². The zero-order valence-corrected chi connectivity index (χ0v) is 16.7. The molecule has 0 aliphatic carbocycles. The summed E-state index contributed by atoms with van der Waals surface area (Å²) in [6, 6.07) is 28.0. The van der Waals surface area contributed by atoms with E-state index in [4.69, 9.17) is 0 Å². The summed E-state index contributed by atoms with van der Waals surface area (Å²) in [6.45, 7) is 2.02. The normalized spacial score (nSPS) is 18.1. The predicted molar refractivity (Wildman–Crippen MR) is 116 cm³/mol. The van der Waals surface area contributed by atoms with Gasteiger partial charge in [-0.1, -0.05) is 78.4 Å². The number of carbonyl (C=O) groups is 1. The van der Waals surface area contributed by atoms with Crippen molar-refractivity contribution in [3.8, 4) is 0 Å². The lowest BCUT2D eigenvalue weighted by Gasteiger charge is -2.39. The first-order chi connectivity index (χ1) is 14.7. The number of amides is 1. The van der Waals surface area contributed by atoms with Crippen molar-refractivity contribution in [2.75, 3.05) is 4.90 Å². The fourth-order valence-corrected chi connectivity index (χ4v) is 4.17. The van der Waals surface area contributed by atoms with Crippen molar-refractivity contribution in [2.24, 2.45) is 0 Å². The molecule has 148 valence electrons. The van der Waals surface area contributed by atoms with Gasteiger partial charge in [0.25, 0.3) is 5.91 Å². The first-order valence-electron chi connectivity index (χ1n) is 10.1. The molecule has 0 spiro atoms. The second kappa shape index (κ2) is 7.59. The van der Waals surface area contributed by atoms with E-state index in [1.165, 1.54) is 6.33 Å². The van der Waals surface area contributed by atoms with Crippen LogP contribution in [-0.2, 0) is 0 Å². The number of aromatic nitrogens is 3. The van der Waals surface area contributed by atoms with Crippen molar-refractivity contribution < 1.29 is 4.79 Å². The minimum Gasteiger partial charge on any atom is -0.269 e. The van der Waals surface area contributed by atoms with E-state index >= 15 is 0 Å². The average Bonchev–Trinajstić information content (AvgIpc) is 3.29. The Labute approximate surface area is 175 Å². The standard InChI is InChI=1S/C25H22N4O/c1-18-12-14-21(15-13-18)24(30)28-22(19-8-4-2-5-9-19)16-23(20-10-6-3-7-11-20)29-25(28)26-17-27-29/h2-15,17,22-23H,16H2,1H3/t22-,23+/m1/s1. The highest BCUT2D eigenvalue weighted by molar-refractivity contribution is 6.05. The molecule has 5 nitrogen and oxygen atoms in total. The van der Waals surface area contributed by atoms with Crippen LogP contribution in [0.5, 0.6) is 0 Å². The molecule has 5 heteroatoms. The number of aryl methyl sites for hydroxylation is 1. The van der Waals surface area contributed by atoms with Crippen molar-refractivity contribution in [1.82, 2.24) is 14.8 Å². The van der Waals surface area contributed by atoms with Crippen LogP contribution in [0.2, 0.25) is 0 Å². The van der Waals surface area contributed by atoms with Crippen molar-refractivity contribution in [3.63, 3.8) is 0 Å². The average molecular weight is 394 g/mol. The van der Waals surface area contributed by atoms with Gasteiger partial charge in [0.15, 0.2) is 0 Å². The van der Waals surface area contributed by atoms with Crippen LogP contribution in [0.3, 0.4) is 0 Å². The monoisotopic (exact) mass is 394 g/mol. The number of benzene rings is 3. The molecule has 0 fully saturated rings. The van der Waals surface area contributed by atoms with E-state index in [1.807, 2.05) is 72.3 Å². The van der Waals surface area contributed by atoms with Gasteiger partial charge >= 0.3 is 0 Å². The van der Waals surface area contributed by atoms with Crippen LogP contribution >= 0.6 is 0 Å². The Morgan fingerprint density at radius 1 is 0.833 bits per heavy atom. The van der Waals surface area contributed by atoms with Crippen LogP contribution in [-0.4, -0.2) is 20.7 Å². The number of anilines is 1. The van der Waals surface area contributed by atoms with Crippen molar-refractivity contribution in [2.45, 2.75) is 25.4 Å². The van der Waals surface area contributed by atoms with E-state index < -0.39 is 0 Å². The maximum atomic E-state index is 13.6. The van der Waals surface area contributed by atoms with E-state index in [-0.39, 0.29) is 18.0 Å². The van der Waals surface area contributed by atoms with Gasteiger partial charge in [-0.05, 0) is 36.6 Å². The molecule has 0 bridgehead atoms. The zero-order chi connectivity index (χ0) is 20.5. The molecule has 1 aliphatic heterocycles. The maximum absolute atomic E-state index is 13.6. The van der Waals surface area contributed by atoms with Crippen molar-refractivity contribution in [1.29, 1.82) is 0 Å². The fourth-order valence-electron chi connectivity index (χ4n) is 4.17. The van der Waals surface area contributed by atoms with Gasteiger partial charge in [-0.25, -0.2) is 4.68 Å². The molecule has 0 unspecified atom stereocenters. The summed E-state index contributed by atoms with van der Waals surface area (Å²) in [5, 5.41) is 4.49. The van der Waals surface area contributed by atoms with Gasteiger partial charge in [0, 0.05) is 5.56 Å². The van der Waals surface area contributed by atoms with Gasteiger partial charge in [-0.3, -0.25) is 9.69 Å². The van der Waals surface area contributed by atoms with E-state index in [2.05, 4.69) is 34.3 Å². The molecule has 30 heavy (non-hydrogen) atoms. The third kappa shape index (κ3) is 3.18. The van der Waals surface area contributed by atoms with Crippen molar-refractivity contribution >= 4 is 11.9 Å². The molecular weight excluding hydrogens is 372 g/mol. The first kappa shape index (κ1) is 18.3. The molecule has 0 saturated carbocycles. The highest BCUT2D eigenvalue weighted by Gasteiger charge is 2.39. The highest BCUT2D eigenvalue weighted by Crippen LogP contribution is 2.42. The molecule has 3 aromatic carbocycles. The Kier molecular flexibility index (Phi) is 4.64. The molecule has 2 heterocycles. The van der Waals surface area contributed by atoms with Crippen LogP contribution in [0.4, 0.5) is 5.95 Å². The van der Waals surface area contributed by atoms with Crippen LogP contribution in [0.25, 0.3) is 0 Å². The predicted octanol–water partition coefficient (Wildman–Crippen LogP) is 4.97. The Morgan fingerprint density at radius 3 is 2.07 bits per heavy atom. The molecule has 4 aromatic rings. The number of rotatable bonds is 3. The lowest BCUT2D eigenvalue weighted by atomic mass is 9.91. The Balaban J connectivity index is 1.64. The topological polar surface area (TPSA) is 51.0 Å². The second-order valence-corrected chi connectivity index (χ2v) is 7.63. The molecule has 1 amide bonds. The molecule has 0 N–H and O–H groups in total. The molecular formula is C25H22N4O. The largest absolute Gasteiger partial charge is 0.269 e. The second-order valence-electron chi connectivity index (χ2n) is 7.63. The number of fused-ring (bicyclic) bond motifs is 1. The van der Waals surface area contributed by atoms with Gasteiger partial charge in [0.05, 0.1) is 12.1 Å². The quantitative estimate of drug-likeness (QED) is 0.493. The number of hydrogen-bond donors (Lipinski definition) is 0. The minimum atomic E-state index is -0.137. The van der Waals surface area contributed by atoms with E-state index in [1.54, 1.807) is 4.90 Å². The number of nitrogens with zero attached hydrogens (tertiary/aromatic N) is 4. The van der Waals surface area contributed by atoms with E-state index in [0.29, 0.717) is 11.5 Å². The smallest absolute Gasteiger partial charge is 0.261 e. The van der Waals surface area contributed by atoms with Crippen LogP contribution < -0.4 is 4.90 Å². The van der Waals surface area contributed by atoms with Crippen LogP contribution in [0, 0.1) is 6.92 Å². The molecule has 5 rings (SSSR count).